The molecule has 134 valence electrons. The van der Waals surface area contributed by atoms with E-state index in [1.807, 2.05) is 24.0 Å². The fourth-order valence-electron chi connectivity index (χ4n) is 3.25. The van der Waals surface area contributed by atoms with Crippen LogP contribution in [0.2, 0.25) is 0 Å². The fourth-order valence-corrected chi connectivity index (χ4v) is 3.25. The van der Waals surface area contributed by atoms with Gasteiger partial charge in [-0.3, -0.25) is 14.7 Å². The first-order chi connectivity index (χ1) is 12.1. The number of nitrogens with zero attached hydrogens (tertiary/aromatic N) is 5. The normalized spacial score (nSPS) is 16.8. The predicted molar refractivity (Wildman–Crippen MR) is 94.9 cm³/mol. The number of carbonyl (C=O) groups excluding carboxylic acids is 1. The molecule has 0 spiro atoms. The maximum Gasteiger partial charge on any atom is 0.257 e. The molecule has 0 radical (unpaired) electrons. The zero-order valence-corrected chi connectivity index (χ0v) is 15.1. The van der Waals surface area contributed by atoms with E-state index >= 15 is 0 Å². The lowest BCUT2D eigenvalue weighted by Crippen LogP contribution is -2.52. The summed E-state index contributed by atoms with van der Waals surface area (Å²) in [7, 11) is 1.72. The van der Waals surface area contributed by atoms with Crippen molar-refractivity contribution >= 4 is 5.91 Å². The summed E-state index contributed by atoms with van der Waals surface area (Å²) in [5, 5.41) is 4.38. The molecule has 3 heterocycles. The lowest BCUT2D eigenvalue weighted by atomic mass is 10.2. The molecule has 1 saturated heterocycles. The van der Waals surface area contributed by atoms with Gasteiger partial charge in [0.25, 0.3) is 5.91 Å². The third kappa shape index (κ3) is 3.72. The van der Waals surface area contributed by atoms with Crippen LogP contribution in [0.5, 0.6) is 0 Å². The Labute approximate surface area is 148 Å². The second-order valence-electron chi connectivity index (χ2n) is 6.39. The largest absolute Gasteiger partial charge is 0.383 e. The Kier molecular flexibility index (Phi) is 5.45. The molecular formula is C18H25N5O2. The van der Waals surface area contributed by atoms with Crippen molar-refractivity contribution in [1.29, 1.82) is 0 Å². The molecule has 0 aromatic carbocycles. The van der Waals surface area contributed by atoms with Crippen LogP contribution in [0.1, 0.15) is 23.0 Å². The van der Waals surface area contributed by atoms with Gasteiger partial charge in [-0.05, 0) is 26.0 Å². The number of piperazine rings is 1. The highest BCUT2D eigenvalue weighted by Crippen LogP contribution is 2.17. The first kappa shape index (κ1) is 17.6. The van der Waals surface area contributed by atoms with E-state index in [-0.39, 0.29) is 5.91 Å². The molecule has 0 bridgehead atoms. The minimum absolute atomic E-state index is 0.0526. The van der Waals surface area contributed by atoms with Crippen molar-refractivity contribution in [1.82, 2.24) is 24.6 Å². The number of methoxy groups -OCH3 is 1. The molecule has 7 nitrogen and oxygen atoms in total. The van der Waals surface area contributed by atoms with Gasteiger partial charge in [0.2, 0.25) is 0 Å². The number of amides is 1. The van der Waals surface area contributed by atoms with E-state index in [1.165, 1.54) is 0 Å². The molecule has 0 saturated carbocycles. The first-order valence-corrected chi connectivity index (χ1v) is 8.59. The molecule has 1 atom stereocenters. The average Bonchev–Trinajstić information content (AvgIpc) is 3.03. The number of aromatic nitrogens is 3. The van der Waals surface area contributed by atoms with Crippen LogP contribution >= 0.6 is 0 Å². The Morgan fingerprint density at radius 3 is 2.56 bits per heavy atom. The SMILES string of the molecule is COCC(C)N1CCN(C(=O)c2cnn(-c3ccncc3)c2C)CC1. The standard InChI is InChI=1S/C18H25N5O2/c1-14(13-25-3)21-8-10-22(11-9-21)18(24)17-12-20-23(15(17)2)16-4-6-19-7-5-16/h4-7,12,14H,8-11,13H2,1-3H3. The highest BCUT2D eigenvalue weighted by molar-refractivity contribution is 5.95. The zero-order chi connectivity index (χ0) is 17.8. The fraction of sp³-hybridized carbons (Fsp3) is 0.500. The van der Waals surface area contributed by atoms with Crippen LogP contribution < -0.4 is 0 Å². The summed E-state index contributed by atoms with van der Waals surface area (Å²) in [4.78, 5) is 21.2. The highest BCUT2D eigenvalue weighted by atomic mass is 16.5. The molecule has 1 unspecified atom stereocenters. The van der Waals surface area contributed by atoms with Crippen LogP contribution in [0, 0.1) is 6.92 Å². The van der Waals surface area contributed by atoms with Crippen LogP contribution in [0.15, 0.2) is 30.7 Å². The second kappa shape index (κ2) is 7.76. The van der Waals surface area contributed by atoms with E-state index in [9.17, 15) is 4.79 Å². The van der Waals surface area contributed by atoms with Gasteiger partial charge in [-0.1, -0.05) is 0 Å². The van der Waals surface area contributed by atoms with Crippen LogP contribution in [-0.2, 0) is 4.74 Å². The lowest BCUT2D eigenvalue weighted by molar-refractivity contribution is 0.0448. The first-order valence-electron chi connectivity index (χ1n) is 8.59. The Hall–Kier alpha value is -2.25. The van der Waals surface area contributed by atoms with Crippen molar-refractivity contribution in [3.63, 3.8) is 0 Å². The smallest absolute Gasteiger partial charge is 0.257 e. The number of hydrogen-bond donors (Lipinski definition) is 0. The third-order valence-corrected chi connectivity index (χ3v) is 4.78. The highest BCUT2D eigenvalue weighted by Gasteiger charge is 2.26. The van der Waals surface area contributed by atoms with Gasteiger partial charge in [0, 0.05) is 51.7 Å². The van der Waals surface area contributed by atoms with E-state index in [0.717, 1.165) is 37.6 Å². The summed E-state index contributed by atoms with van der Waals surface area (Å²) >= 11 is 0. The van der Waals surface area contributed by atoms with Crippen molar-refractivity contribution in [2.45, 2.75) is 19.9 Å². The summed E-state index contributed by atoms with van der Waals surface area (Å²) < 4.78 is 7.01. The summed E-state index contributed by atoms with van der Waals surface area (Å²) in [5.74, 6) is 0.0526. The Morgan fingerprint density at radius 1 is 1.24 bits per heavy atom. The van der Waals surface area contributed by atoms with Gasteiger partial charge in [0.05, 0.1) is 29.7 Å². The molecule has 0 N–H and O–H groups in total. The van der Waals surface area contributed by atoms with Crippen molar-refractivity contribution in [3.8, 4) is 5.69 Å². The molecule has 3 rings (SSSR count). The summed E-state index contributed by atoms with van der Waals surface area (Å²) in [6.45, 7) is 7.99. The predicted octanol–water partition coefficient (Wildman–Crippen LogP) is 1.37. The lowest BCUT2D eigenvalue weighted by Gasteiger charge is -2.37. The van der Waals surface area contributed by atoms with E-state index in [0.29, 0.717) is 18.2 Å². The number of rotatable bonds is 5. The van der Waals surface area contributed by atoms with Crippen molar-refractivity contribution in [2.24, 2.45) is 0 Å². The molecule has 1 aliphatic rings. The zero-order valence-electron chi connectivity index (χ0n) is 15.1. The maximum atomic E-state index is 12.9. The van der Waals surface area contributed by atoms with E-state index < -0.39 is 0 Å². The molecule has 1 aliphatic heterocycles. The summed E-state index contributed by atoms with van der Waals surface area (Å²) in [6, 6.07) is 4.13. The third-order valence-electron chi connectivity index (χ3n) is 4.78. The molecule has 25 heavy (non-hydrogen) atoms. The van der Waals surface area contributed by atoms with Gasteiger partial charge in [-0.25, -0.2) is 4.68 Å². The maximum absolute atomic E-state index is 12.9. The summed E-state index contributed by atoms with van der Waals surface area (Å²) in [6.07, 6.45) is 5.11. The molecular weight excluding hydrogens is 318 g/mol. The molecule has 1 amide bonds. The van der Waals surface area contributed by atoms with E-state index in [2.05, 4.69) is 21.9 Å². The number of ether oxygens (including phenoxy) is 1. The number of carbonyl (C=O) groups is 1. The van der Waals surface area contributed by atoms with Crippen molar-refractivity contribution in [2.75, 3.05) is 39.9 Å². The van der Waals surface area contributed by atoms with Crippen LogP contribution in [0.3, 0.4) is 0 Å². The van der Waals surface area contributed by atoms with E-state index in [4.69, 9.17) is 4.74 Å². The molecule has 0 aliphatic carbocycles. The Morgan fingerprint density at radius 2 is 1.92 bits per heavy atom. The molecule has 1 fully saturated rings. The number of pyridine rings is 1. The Bertz CT molecular complexity index is 708. The summed E-state index contributed by atoms with van der Waals surface area (Å²) in [5.41, 5.74) is 2.42. The quantitative estimate of drug-likeness (QED) is 0.820. The van der Waals surface area contributed by atoms with Crippen molar-refractivity contribution in [3.05, 3.63) is 42.0 Å². The second-order valence-corrected chi connectivity index (χ2v) is 6.39. The van der Waals surface area contributed by atoms with Crippen molar-refractivity contribution < 1.29 is 9.53 Å². The monoisotopic (exact) mass is 343 g/mol. The topological polar surface area (TPSA) is 63.5 Å². The minimum Gasteiger partial charge on any atom is -0.383 e. The van der Waals surface area contributed by atoms with E-state index in [1.54, 1.807) is 30.4 Å². The van der Waals surface area contributed by atoms with Gasteiger partial charge in [-0.2, -0.15) is 5.10 Å². The van der Waals surface area contributed by atoms with Gasteiger partial charge < -0.3 is 9.64 Å². The minimum atomic E-state index is 0.0526. The van der Waals surface area contributed by atoms with Gasteiger partial charge in [0.15, 0.2) is 0 Å². The Balaban J connectivity index is 1.68. The van der Waals surface area contributed by atoms with Crippen LogP contribution in [-0.4, -0.2) is 76.4 Å². The average molecular weight is 343 g/mol. The molecule has 2 aromatic rings. The van der Waals surface area contributed by atoms with Gasteiger partial charge >= 0.3 is 0 Å². The van der Waals surface area contributed by atoms with Crippen LogP contribution in [0.25, 0.3) is 5.69 Å². The van der Waals surface area contributed by atoms with Gasteiger partial charge in [0.1, 0.15) is 0 Å². The molecule has 2 aromatic heterocycles. The molecule has 7 heteroatoms. The number of hydrogen-bond acceptors (Lipinski definition) is 5. The van der Waals surface area contributed by atoms with Gasteiger partial charge in [-0.15, -0.1) is 0 Å². The van der Waals surface area contributed by atoms with Crippen LogP contribution in [0.4, 0.5) is 0 Å².